The summed E-state index contributed by atoms with van der Waals surface area (Å²) in [7, 11) is 0. The molecule has 0 saturated carbocycles. The Morgan fingerprint density at radius 2 is 2.18 bits per heavy atom. The van der Waals surface area contributed by atoms with Gasteiger partial charge in [-0.15, -0.1) is 0 Å². The molecule has 0 aliphatic carbocycles. The van der Waals surface area contributed by atoms with E-state index in [1.165, 1.54) is 12.1 Å². The number of anilines is 1. The smallest absolute Gasteiger partial charge is 0.256 e. The Hall–Kier alpha value is -1.69. The monoisotopic (exact) mass is 297 g/mol. The summed E-state index contributed by atoms with van der Waals surface area (Å²) in [5.74, 6) is -0.0330. The fourth-order valence-corrected chi connectivity index (χ4v) is 1.79. The lowest BCUT2D eigenvalue weighted by Crippen LogP contribution is -2.15. The molecule has 0 aliphatic heterocycles. The van der Waals surface area contributed by atoms with Gasteiger partial charge in [0.05, 0.1) is 5.56 Å². The van der Waals surface area contributed by atoms with E-state index in [9.17, 15) is 9.18 Å². The van der Waals surface area contributed by atoms with Crippen molar-refractivity contribution in [3.05, 3.63) is 44.4 Å². The highest BCUT2D eigenvalue weighted by Crippen LogP contribution is 2.26. The van der Waals surface area contributed by atoms with Gasteiger partial charge in [-0.1, -0.05) is 15.9 Å². The minimum atomic E-state index is -0.412. The number of halogens is 2. The molecule has 0 unspecified atom stereocenters. The average Bonchev–Trinajstić information content (AvgIpc) is 2.28. The maximum Gasteiger partial charge on any atom is 0.256 e. The Morgan fingerprint density at radius 3 is 2.82 bits per heavy atom. The standard InChI is InChI=1S/C11H9BrFN3O/c1-5-9(14)15-10(16-11(5)17)7-4-6(13)2-3-8(7)12/h2-4H,1H3,(H3,14,15,16,17). The van der Waals surface area contributed by atoms with Gasteiger partial charge in [0.1, 0.15) is 17.5 Å². The summed E-state index contributed by atoms with van der Waals surface area (Å²) >= 11 is 3.27. The summed E-state index contributed by atoms with van der Waals surface area (Å²) in [5, 5.41) is 0. The Labute approximate surface area is 105 Å². The molecule has 0 bridgehead atoms. The summed E-state index contributed by atoms with van der Waals surface area (Å²) in [6.45, 7) is 1.57. The van der Waals surface area contributed by atoms with E-state index in [0.717, 1.165) is 0 Å². The molecule has 88 valence electrons. The summed E-state index contributed by atoms with van der Waals surface area (Å²) in [4.78, 5) is 18.1. The molecule has 2 aromatic rings. The van der Waals surface area contributed by atoms with E-state index in [1.54, 1.807) is 13.0 Å². The molecular formula is C11H9BrFN3O. The first-order chi connectivity index (χ1) is 7.99. The van der Waals surface area contributed by atoms with Crippen LogP contribution >= 0.6 is 15.9 Å². The van der Waals surface area contributed by atoms with Crippen LogP contribution in [0.5, 0.6) is 0 Å². The van der Waals surface area contributed by atoms with Crippen molar-refractivity contribution in [2.24, 2.45) is 0 Å². The van der Waals surface area contributed by atoms with Crippen LogP contribution in [0, 0.1) is 12.7 Å². The largest absolute Gasteiger partial charge is 0.383 e. The van der Waals surface area contributed by atoms with Crippen LogP contribution in [0.3, 0.4) is 0 Å². The second kappa shape index (κ2) is 4.29. The molecule has 1 aromatic carbocycles. The van der Waals surface area contributed by atoms with Gasteiger partial charge in [0.15, 0.2) is 0 Å². The number of nitrogens with zero attached hydrogens (tertiary/aromatic N) is 1. The first-order valence-electron chi connectivity index (χ1n) is 4.81. The Morgan fingerprint density at radius 1 is 1.47 bits per heavy atom. The maximum absolute atomic E-state index is 13.1. The third-order valence-corrected chi connectivity index (χ3v) is 3.06. The van der Waals surface area contributed by atoms with Crippen LogP contribution in [0.2, 0.25) is 0 Å². The minimum Gasteiger partial charge on any atom is -0.383 e. The van der Waals surface area contributed by atoms with Crippen molar-refractivity contribution in [2.45, 2.75) is 6.92 Å². The van der Waals surface area contributed by atoms with Gasteiger partial charge in [-0.25, -0.2) is 9.37 Å². The van der Waals surface area contributed by atoms with Gasteiger partial charge in [0.25, 0.3) is 5.56 Å². The van der Waals surface area contributed by atoms with Crippen LogP contribution in [0.1, 0.15) is 5.56 Å². The molecule has 1 heterocycles. The number of aromatic nitrogens is 2. The van der Waals surface area contributed by atoms with Crippen molar-refractivity contribution in [1.82, 2.24) is 9.97 Å². The summed E-state index contributed by atoms with van der Waals surface area (Å²) < 4.78 is 13.8. The van der Waals surface area contributed by atoms with Gasteiger partial charge in [-0.2, -0.15) is 0 Å². The number of hydrogen-bond acceptors (Lipinski definition) is 3. The van der Waals surface area contributed by atoms with E-state index in [0.29, 0.717) is 15.6 Å². The van der Waals surface area contributed by atoms with Crippen LogP contribution in [0.15, 0.2) is 27.5 Å². The van der Waals surface area contributed by atoms with Crippen LogP contribution in [-0.2, 0) is 0 Å². The molecule has 0 amide bonds. The van der Waals surface area contributed by atoms with Crippen molar-refractivity contribution < 1.29 is 4.39 Å². The molecule has 3 N–H and O–H groups in total. The quantitative estimate of drug-likeness (QED) is 0.848. The van der Waals surface area contributed by atoms with Crippen molar-refractivity contribution in [1.29, 1.82) is 0 Å². The van der Waals surface area contributed by atoms with E-state index in [1.807, 2.05) is 0 Å². The van der Waals surface area contributed by atoms with Crippen molar-refractivity contribution in [2.75, 3.05) is 5.73 Å². The molecule has 2 rings (SSSR count). The molecule has 6 heteroatoms. The number of H-pyrrole nitrogens is 1. The zero-order chi connectivity index (χ0) is 12.6. The number of benzene rings is 1. The molecule has 0 atom stereocenters. The molecule has 1 aromatic heterocycles. The Balaban J connectivity index is 2.69. The number of rotatable bonds is 1. The number of nitrogen functional groups attached to an aromatic ring is 1. The maximum atomic E-state index is 13.1. The highest BCUT2D eigenvalue weighted by atomic mass is 79.9. The van der Waals surface area contributed by atoms with E-state index >= 15 is 0 Å². The van der Waals surface area contributed by atoms with E-state index in [-0.39, 0.29) is 17.2 Å². The highest BCUT2D eigenvalue weighted by molar-refractivity contribution is 9.10. The normalized spacial score (nSPS) is 10.5. The predicted octanol–water partition coefficient (Wildman–Crippen LogP) is 2.23. The third-order valence-electron chi connectivity index (χ3n) is 2.37. The Kier molecular flexibility index (Phi) is 2.97. The topological polar surface area (TPSA) is 71.8 Å². The van der Waals surface area contributed by atoms with Crippen molar-refractivity contribution >= 4 is 21.7 Å². The first-order valence-corrected chi connectivity index (χ1v) is 5.60. The van der Waals surface area contributed by atoms with Crippen LogP contribution in [0.4, 0.5) is 10.2 Å². The van der Waals surface area contributed by atoms with Gasteiger partial charge >= 0.3 is 0 Å². The molecular weight excluding hydrogens is 289 g/mol. The molecule has 0 aliphatic rings. The summed E-state index contributed by atoms with van der Waals surface area (Å²) in [5.41, 5.74) is 6.08. The molecule has 0 saturated heterocycles. The van der Waals surface area contributed by atoms with Gasteiger partial charge in [0, 0.05) is 10.0 Å². The van der Waals surface area contributed by atoms with Crippen LogP contribution in [-0.4, -0.2) is 9.97 Å². The highest BCUT2D eigenvalue weighted by Gasteiger charge is 2.10. The number of hydrogen-bond donors (Lipinski definition) is 2. The minimum absolute atomic E-state index is 0.139. The van der Waals surface area contributed by atoms with Gasteiger partial charge in [-0.3, -0.25) is 4.79 Å². The third kappa shape index (κ3) is 2.21. The van der Waals surface area contributed by atoms with E-state index in [2.05, 4.69) is 25.9 Å². The second-order valence-electron chi connectivity index (χ2n) is 3.55. The predicted molar refractivity (Wildman–Crippen MR) is 67.1 cm³/mol. The Bertz CT molecular complexity index is 639. The summed E-state index contributed by atoms with van der Waals surface area (Å²) in [6.07, 6.45) is 0. The van der Waals surface area contributed by atoms with E-state index < -0.39 is 5.82 Å². The van der Waals surface area contributed by atoms with Crippen molar-refractivity contribution in [3.63, 3.8) is 0 Å². The number of nitrogens with one attached hydrogen (secondary N) is 1. The zero-order valence-electron chi connectivity index (χ0n) is 8.92. The first kappa shape index (κ1) is 11.8. The SMILES string of the molecule is Cc1c(N)nc(-c2cc(F)ccc2Br)[nH]c1=O. The van der Waals surface area contributed by atoms with Gasteiger partial charge in [-0.05, 0) is 25.1 Å². The molecule has 0 radical (unpaired) electrons. The van der Waals surface area contributed by atoms with Crippen molar-refractivity contribution in [3.8, 4) is 11.4 Å². The average molecular weight is 298 g/mol. The van der Waals surface area contributed by atoms with Crippen LogP contribution in [0.25, 0.3) is 11.4 Å². The lowest BCUT2D eigenvalue weighted by molar-refractivity contribution is 0.628. The number of nitrogens with two attached hydrogens (primary N) is 1. The van der Waals surface area contributed by atoms with Gasteiger partial charge < -0.3 is 10.7 Å². The molecule has 0 spiro atoms. The molecule has 17 heavy (non-hydrogen) atoms. The number of aromatic amines is 1. The van der Waals surface area contributed by atoms with Gasteiger partial charge in [0.2, 0.25) is 0 Å². The molecule has 0 fully saturated rings. The van der Waals surface area contributed by atoms with E-state index in [4.69, 9.17) is 5.73 Å². The molecule has 4 nitrogen and oxygen atoms in total. The fourth-order valence-electron chi connectivity index (χ4n) is 1.36. The fraction of sp³-hybridized carbons (Fsp3) is 0.0909. The second-order valence-corrected chi connectivity index (χ2v) is 4.40. The summed E-state index contributed by atoms with van der Waals surface area (Å²) in [6, 6.07) is 4.13. The lowest BCUT2D eigenvalue weighted by Gasteiger charge is -2.06. The zero-order valence-corrected chi connectivity index (χ0v) is 10.5. The lowest BCUT2D eigenvalue weighted by atomic mass is 10.2. The van der Waals surface area contributed by atoms with Crippen LogP contribution < -0.4 is 11.3 Å².